The first-order valence-electron chi connectivity index (χ1n) is 16.1. The molecule has 0 saturated heterocycles. The molecule has 0 aromatic carbocycles. The zero-order valence-corrected chi connectivity index (χ0v) is 25.0. The third kappa shape index (κ3) is 24.9. The average molecular weight is 571 g/mol. The summed E-state index contributed by atoms with van der Waals surface area (Å²) in [6.45, 7) is 0. The Hall–Kier alpha value is -2.12. The van der Waals surface area contributed by atoms with Crippen LogP contribution in [-0.4, -0.2) is 44.3 Å². The van der Waals surface area contributed by atoms with E-state index in [2.05, 4.69) is 0 Å². The van der Waals surface area contributed by atoms with Crippen molar-refractivity contribution >= 4 is 23.9 Å². The van der Waals surface area contributed by atoms with Crippen LogP contribution in [0.15, 0.2) is 0 Å². The first kappa shape index (κ1) is 37.9. The van der Waals surface area contributed by atoms with E-state index >= 15 is 0 Å². The van der Waals surface area contributed by atoms with Crippen molar-refractivity contribution < 1.29 is 39.6 Å². The molecule has 234 valence electrons. The minimum Gasteiger partial charge on any atom is -0.481 e. The standard InChI is InChI=1S/C32H58O8/c33-29(34)25-21-17-13-9-7-5-3-1-2-4-6-8-11-15-19-23-27(31(37)38)28(32(39)40)24-20-16-12-10-14-18-22-26-30(35)36/h27-28H,1-26H2,(H,33,34)(H,35,36)(H,37,38)(H,39,40). The van der Waals surface area contributed by atoms with E-state index in [1.165, 1.54) is 51.4 Å². The maximum absolute atomic E-state index is 11.8. The Morgan fingerprint density at radius 3 is 0.725 bits per heavy atom. The molecule has 0 radical (unpaired) electrons. The molecular formula is C32H58O8. The summed E-state index contributed by atoms with van der Waals surface area (Å²) in [7, 11) is 0. The van der Waals surface area contributed by atoms with Crippen LogP contribution in [0.1, 0.15) is 167 Å². The van der Waals surface area contributed by atoms with E-state index in [0.29, 0.717) is 25.7 Å². The highest BCUT2D eigenvalue weighted by Crippen LogP contribution is 2.26. The zero-order valence-electron chi connectivity index (χ0n) is 25.0. The molecule has 4 N–H and O–H groups in total. The Labute approximate surface area is 242 Å². The molecule has 8 nitrogen and oxygen atoms in total. The van der Waals surface area contributed by atoms with Crippen LogP contribution in [0.2, 0.25) is 0 Å². The second kappa shape index (κ2) is 27.1. The Morgan fingerprint density at radius 2 is 0.525 bits per heavy atom. The van der Waals surface area contributed by atoms with Crippen molar-refractivity contribution in [1.29, 1.82) is 0 Å². The molecule has 0 saturated carbocycles. The van der Waals surface area contributed by atoms with Crippen LogP contribution in [-0.2, 0) is 19.2 Å². The van der Waals surface area contributed by atoms with Gasteiger partial charge in [-0.25, -0.2) is 0 Å². The highest BCUT2D eigenvalue weighted by atomic mass is 16.4. The van der Waals surface area contributed by atoms with Gasteiger partial charge >= 0.3 is 23.9 Å². The van der Waals surface area contributed by atoms with E-state index in [0.717, 1.165) is 77.0 Å². The largest absolute Gasteiger partial charge is 0.481 e. The van der Waals surface area contributed by atoms with Crippen LogP contribution < -0.4 is 0 Å². The van der Waals surface area contributed by atoms with E-state index in [1.54, 1.807) is 0 Å². The molecule has 8 heteroatoms. The third-order valence-corrected chi connectivity index (χ3v) is 7.93. The zero-order chi connectivity index (χ0) is 29.8. The van der Waals surface area contributed by atoms with Gasteiger partial charge in [0.25, 0.3) is 0 Å². The lowest BCUT2D eigenvalue weighted by atomic mass is 9.84. The van der Waals surface area contributed by atoms with Crippen molar-refractivity contribution in [2.75, 3.05) is 0 Å². The summed E-state index contributed by atoms with van der Waals surface area (Å²) in [6.07, 6.45) is 24.2. The van der Waals surface area contributed by atoms with Gasteiger partial charge in [0.1, 0.15) is 0 Å². The van der Waals surface area contributed by atoms with Crippen LogP contribution in [0.5, 0.6) is 0 Å². The highest BCUT2D eigenvalue weighted by Gasteiger charge is 2.32. The maximum atomic E-state index is 11.8. The van der Waals surface area contributed by atoms with Crippen LogP contribution in [0.25, 0.3) is 0 Å². The predicted octanol–water partition coefficient (Wildman–Crippen LogP) is 8.70. The Bertz CT molecular complexity index is 663. The molecule has 0 aliphatic rings. The van der Waals surface area contributed by atoms with E-state index in [-0.39, 0.29) is 12.8 Å². The smallest absolute Gasteiger partial charge is 0.307 e. The summed E-state index contributed by atoms with van der Waals surface area (Å²) >= 11 is 0. The van der Waals surface area contributed by atoms with Crippen molar-refractivity contribution in [1.82, 2.24) is 0 Å². The molecule has 0 aromatic heterocycles. The number of carboxylic acid groups (broad SMARTS) is 4. The first-order valence-corrected chi connectivity index (χ1v) is 16.1. The number of unbranched alkanes of at least 4 members (excludes halogenated alkanes) is 20. The molecule has 0 bridgehead atoms. The van der Waals surface area contributed by atoms with Crippen molar-refractivity contribution in [3.05, 3.63) is 0 Å². The SMILES string of the molecule is O=C(O)CCCCCCCCCCCCCCCCCC(C(=O)O)C(CCCCCCCCCC(=O)O)C(=O)O. The first-order chi connectivity index (χ1) is 19.3. The molecule has 0 aromatic rings. The van der Waals surface area contributed by atoms with Gasteiger partial charge in [-0.05, 0) is 25.7 Å². The summed E-state index contributed by atoms with van der Waals surface area (Å²) in [5.74, 6) is -5.11. The van der Waals surface area contributed by atoms with Crippen LogP contribution in [0, 0.1) is 11.8 Å². The Kier molecular flexibility index (Phi) is 25.6. The average Bonchev–Trinajstić information content (AvgIpc) is 2.89. The number of hydrogen-bond donors (Lipinski definition) is 4. The van der Waals surface area contributed by atoms with Gasteiger partial charge in [-0.2, -0.15) is 0 Å². The van der Waals surface area contributed by atoms with Gasteiger partial charge in [0.15, 0.2) is 0 Å². The second-order valence-electron chi connectivity index (χ2n) is 11.5. The van der Waals surface area contributed by atoms with Gasteiger partial charge in [0.05, 0.1) is 11.8 Å². The van der Waals surface area contributed by atoms with Gasteiger partial charge in [-0.15, -0.1) is 0 Å². The number of rotatable bonds is 31. The fraction of sp³-hybridized carbons (Fsp3) is 0.875. The summed E-state index contributed by atoms with van der Waals surface area (Å²) in [5.41, 5.74) is 0. The normalized spacial score (nSPS) is 12.7. The number of carboxylic acids is 4. The monoisotopic (exact) mass is 570 g/mol. The Morgan fingerprint density at radius 1 is 0.325 bits per heavy atom. The van der Waals surface area contributed by atoms with Crippen LogP contribution in [0.3, 0.4) is 0 Å². The van der Waals surface area contributed by atoms with Crippen molar-refractivity contribution in [3.8, 4) is 0 Å². The summed E-state index contributed by atoms with van der Waals surface area (Å²) in [6, 6.07) is 0. The fourth-order valence-electron chi connectivity index (χ4n) is 5.46. The molecular weight excluding hydrogens is 512 g/mol. The molecule has 0 heterocycles. The lowest BCUT2D eigenvalue weighted by Gasteiger charge is -2.20. The second-order valence-corrected chi connectivity index (χ2v) is 11.5. The summed E-state index contributed by atoms with van der Waals surface area (Å²) in [5, 5.41) is 36.6. The third-order valence-electron chi connectivity index (χ3n) is 7.93. The minimum absolute atomic E-state index is 0.208. The molecule has 2 unspecified atom stereocenters. The fourth-order valence-corrected chi connectivity index (χ4v) is 5.46. The van der Waals surface area contributed by atoms with E-state index in [4.69, 9.17) is 10.2 Å². The molecule has 0 aliphatic carbocycles. The molecule has 2 atom stereocenters. The summed E-state index contributed by atoms with van der Waals surface area (Å²) < 4.78 is 0. The quantitative estimate of drug-likeness (QED) is 0.0604. The van der Waals surface area contributed by atoms with Gasteiger partial charge in [0, 0.05) is 12.8 Å². The van der Waals surface area contributed by atoms with Gasteiger partial charge in [-0.1, -0.05) is 128 Å². The molecule has 0 rings (SSSR count). The lowest BCUT2D eigenvalue weighted by molar-refractivity contribution is -0.154. The van der Waals surface area contributed by atoms with Gasteiger partial charge < -0.3 is 20.4 Å². The topological polar surface area (TPSA) is 149 Å². The predicted molar refractivity (Wildman–Crippen MR) is 158 cm³/mol. The molecule has 0 aliphatic heterocycles. The maximum Gasteiger partial charge on any atom is 0.307 e. The van der Waals surface area contributed by atoms with E-state index in [1.807, 2.05) is 0 Å². The van der Waals surface area contributed by atoms with Crippen LogP contribution >= 0.6 is 0 Å². The van der Waals surface area contributed by atoms with E-state index < -0.39 is 35.7 Å². The van der Waals surface area contributed by atoms with Crippen molar-refractivity contribution in [2.24, 2.45) is 11.8 Å². The molecule has 40 heavy (non-hydrogen) atoms. The number of carbonyl (C=O) groups is 4. The minimum atomic E-state index is -1.00. The van der Waals surface area contributed by atoms with Gasteiger partial charge in [0.2, 0.25) is 0 Å². The number of aliphatic carboxylic acids is 4. The Balaban J connectivity index is 3.79. The number of hydrogen-bond acceptors (Lipinski definition) is 4. The van der Waals surface area contributed by atoms with E-state index in [9.17, 15) is 29.4 Å². The molecule has 0 spiro atoms. The highest BCUT2D eigenvalue weighted by molar-refractivity contribution is 5.79. The molecule has 0 fully saturated rings. The molecule has 0 amide bonds. The van der Waals surface area contributed by atoms with Crippen LogP contribution in [0.4, 0.5) is 0 Å². The van der Waals surface area contributed by atoms with Crippen molar-refractivity contribution in [2.45, 2.75) is 167 Å². The van der Waals surface area contributed by atoms with Crippen molar-refractivity contribution in [3.63, 3.8) is 0 Å². The lowest BCUT2D eigenvalue weighted by Crippen LogP contribution is -2.30. The van der Waals surface area contributed by atoms with Gasteiger partial charge in [-0.3, -0.25) is 19.2 Å². The summed E-state index contributed by atoms with van der Waals surface area (Å²) in [4.78, 5) is 44.6.